The summed E-state index contributed by atoms with van der Waals surface area (Å²) in [5.74, 6) is 1.10. The quantitative estimate of drug-likeness (QED) is 0.794. The van der Waals surface area contributed by atoms with Crippen molar-refractivity contribution in [2.24, 2.45) is 0 Å². The van der Waals surface area contributed by atoms with E-state index in [2.05, 4.69) is 20.4 Å². The minimum absolute atomic E-state index is 0.166. The van der Waals surface area contributed by atoms with Crippen LogP contribution in [-0.2, 0) is 9.53 Å². The van der Waals surface area contributed by atoms with Gasteiger partial charge in [0.2, 0.25) is 5.91 Å². The highest BCUT2D eigenvalue weighted by atomic mass is 16.5. The molecular weight excluding hydrogens is 294 g/mol. The van der Waals surface area contributed by atoms with Gasteiger partial charge in [-0.1, -0.05) is 0 Å². The minimum atomic E-state index is 0.166. The van der Waals surface area contributed by atoms with Crippen molar-refractivity contribution in [1.82, 2.24) is 20.0 Å². The highest BCUT2D eigenvalue weighted by molar-refractivity contribution is 5.77. The molecular formula is C16H25N5O2. The fraction of sp³-hybridized carbons (Fsp3) is 0.688. The number of anilines is 1. The minimum Gasteiger partial charge on any atom is -0.374 e. The number of carbonyl (C=O) groups excluding carboxylic acids is 1. The SMILES string of the molecule is O=C1CCCN1CCCN1CCO[C@@H](CNc2cccnn2)C1. The Labute approximate surface area is 137 Å². The largest absolute Gasteiger partial charge is 0.374 e. The van der Waals surface area contributed by atoms with Gasteiger partial charge < -0.3 is 15.0 Å². The molecule has 2 aliphatic rings. The van der Waals surface area contributed by atoms with Gasteiger partial charge >= 0.3 is 0 Å². The average Bonchev–Trinajstić information content (AvgIpc) is 3.00. The van der Waals surface area contributed by atoms with Crippen LogP contribution in [0, 0.1) is 0 Å². The van der Waals surface area contributed by atoms with Gasteiger partial charge in [-0.05, 0) is 25.0 Å². The number of nitrogens with one attached hydrogen (secondary N) is 1. The number of ether oxygens (including phenoxy) is 1. The molecule has 1 N–H and O–H groups in total. The fourth-order valence-corrected chi connectivity index (χ4v) is 3.15. The van der Waals surface area contributed by atoms with Gasteiger partial charge in [-0.3, -0.25) is 9.69 Å². The Balaban J connectivity index is 1.35. The second-order valence-corrected chi connectivity index (χ2v) is 6.12. The van der Waals surface area contributed by atoms with E-state index in [1.54, 1.807) is 6.20 Å². The van der Waals surface area contributed by atoms with Gasteiger partial charge in [0.15, 0.2) is 0 Å². The number of nitrogens with zero attached hydrogens (tertiary/aromatic N) is 4. The highest BCUT2D eigenvalue weighted by Gasteiger charge is 2.22. The Kier molecular flexibility index (Phi) is 5.76. The molecule has 2 aliphatic heterocycles. The second kappa shape index (κ2) is 8.21. The van der Waals surface area contributed by atoms with E-state index in [9.17, 15) is 4.79 Å². The Bertz CT molecular complexity index is 499. The number of morpholine rings is 1. The zero-order valence-electron chi connectivity index (χ0n) is 13.5. The molecule has 2 fully saturated rings. The van der Waals surface area contributed by atoms with Crippen LogP contribution in [-0.4, -0.2) is 77.9 Å². The number of hydrogen-bond acceptors (Lipinski definition) is 6. The Morgan fingerprint density at radius 2 is 2.30 bits per heavy atom. The summed E-state index contributed by atoms with van der Waals surface area (Å²) in [6.45, 7) is 6.23. The van der Waals surface area contributed by atoms with Gasteiger partial charge in [-0.15, -0.1) is 5.10 Å². The summed E-state index contributed by atoms with van der Waals surface area (Å²) in [6, 6.07) is 3.77. The Morgan fingerprint density at radius 1 is 1.35 bits per heavy atom. The van der Waals surface area contributed by atoms with Gasteiger partial charge in [-0.25, -0.2) is 0 Å². The van der Waals surface area contributed by atoms with Crippen molar-refractivity contribution in [3.63, 3.8) is 0 Å². The summed E-state index contributed by atoms with van der Waals surface area (Å²) < 4.78 is 5.81. The molecule has 7 nitrogen and oxygen atoms in total. The molecule has 1 aromatic heterocycles. The predicted molar refractivity (Wildman–Crippen MR) is 87.1 cm³/mol. The molecule has 1 aromatic rings. The summed E-state index contributed by atoms with van der Waals surface area (Å²) in [7, 11) is 0. The van der Waals surface area contributed by atoms with E-state index >= 15 is 0 Å². The van der Waals surface area contributed by atoms with Crippen LogP contribution in [0.4, 0.5) is 5.82 Å². The summed E-state index contributed by atoms with van der Waals surface area (Å²) in [6.07, 6.45) is 4.62. The molecule has 23 heavy (non-hydrogen) atoms. The molecule has 0 saturated carbocycles. The first-order valence-corrected chi connectivity index (χ1v) is 8.44. The zero-order valence-corrected chi connectivity index (χ0v) is 13.5. The smallest absolute Gasteiger partial charge is 0.222 e. The summed E-state index contributed by atoms with van der Waals surface area (Å²) in [5.41, 5.74) is 0. The maximum absolute atomic E-state index is 11.6. The summed E-state index contributed by atoms with van der Waals surface area (Å²) in [4.78, 5) is 16.0. The molecule has 0 spiro atoms. The molecule has 0 bridgehead atoms. The van der Waals surface area contributed by atoms with Crippen LogP contribution in [0.25, 0.3) is 0 Å². The van der Waals surface area contributed by atoms with Gasteiger partial charge in [0, 0.05) is 51.9 Å². The second-order valence-electron chi connectivity index (χ2n) is 6.12. The van der Waals surface area contributed by atoms with Crippen molar-refractivity contribution in [1.29, 1.82) is 0 Å². The van der Waals surface area contributed by atoms with Crippen molar-refractivity contribution in [3.8, 4) is 0 Å². The van der Waals surface area contributed by atoms with Gasteiger partial charge in [0.05, 0.1) is 12.7 Å². The van der Waals surface area contributed by atoms with Crippen LogP contribution in [0.15, 0.2) is 18.3 Å². The highest BCUT2D eigenvalue weighted by Crippen LogP contribution is 2.11. The average molecular weight is 319 g/mol. The van der Waals surface area contributed by atoms with E-state index in [0.29, 0.717) is 5.91 Å². The van der Waals surface area contributed by atoms with Crippen LogP contribution in [0.3, 0.4) is 0 Å². The molecule has 126 valence electrons. The van der Waals surface area contributed by atoms with E-state index in [1.165, 1.54) is 0 Å². The topological polar surface area (TPSA) is 70.6 Å². The summed E-state index contributed by atoms with van der Waals surface area (Å²) >= 11 is 0. The zero-order chi connectivity index (χ0) is 15.9. The van der Waals surface area contributed by atoms with E-state index in [4.69, 9.17) is 4.74 Å². The normalized spacial score (nSPS) is 22.5. The van der Waals surface area contributed by atoms with Crippen molar-refractivity contribution in [2.45, 2.75) is 25.4 Å². The van der Waals surface area contributed by atoms with Crippen LogP contribution in [0.2, 0.25) is 0 Å². The van der Waals surface area contributed by atoms with Crippen molar-refractivity contribution >= 4 is 11.7 Å². The molecule has 1 amide bonds. The summed E-state index contributed by atoms with van der Waals surface area (Å²) in [5, 5.41) is 11.1. The maximum atomic E-state index is 11.6. The van der Waals surface area contributed by atoms with E-state index in [0.717, 1.165) is 71.0 Å². The van der Waals surface area contributed by atoms with Crippen molar-refractivity contribution in [2.75, 3.05) is 51.2 Å². The number of likely N-dealkylation sites (tertiary alicyclic amines) is 1. The van der Waals surface area contributed by atoms with Crippen molar-refractivity contribution < 1.29 is 9.53 Å². The lowest BCUT2D eigenvalue weighted by atomic mass is 10.2. The lowest BCUT2D eigenvalue weighted by molar-refractivity contribution is -0.127. The molecule has 0 aromatic carbocycles. The molecule has 0 aliphatic carbocycles. The molecule has 3 heterocycles. The van der Waals surface area contributed by atoms with Gasteiger partial charge in [-0.2, -0.15) is 5.10 Å². The van der Waals surface area contributed by atoms with E-state index in [-0.39, 0.29) is 6.10 Å². The van der Waals surface area contributed by atoms with Crippen LogP contribution in [0.5, 0.6) is 0 Å². The lowest BCUT2D eigenvalue weighted by Gasteiger charge is -2.33. The van der Waals surface area contributed by atoms with Crippen LogP contribution in [0.1, 0.15) is 19.3 Å². The van der Waals surface area contributed by atoms with Crippen molar-refractivity contribution in [3.05, 3.63) is 18.3 Å². The van der Waals surface area contributed by atoms with Crippen LogP contribution < -0.4 is 5.32 Å². The first-order valence-electron chi connectivity index (χ1n) is 8.44. The third-order valence-electron chi connectivity index (χ3n) is 4.38. The standard InChI is InChI=1S/C16H25N5O2/c22-16-5-2-8-21(16)9-3-7-20-10-11-23-14(13-20)12-17-15-4-1-6-18-19-15/h1,4,6,14H,2-3,5,7-13H2,(H,17,19)/t14-/m0/s1. The molecule has 2 saturated heterocycles. The predicted octanol–water partition coefficient (Wildman–Crippen LogP) is 0.602. The first kappa shape index (κ1) is 16.1. The number of carbonyl (C=O) groups is 1. The first-order chi connectivity index (χ1) is 11.3. The van der Waals surface area contributed by atoms with Crippen LogP contribution >= 0.6 is 0 Å². The molecule has 3 rings (SSSR count). The monoisotopic (exact) mass is 319 g/mol. The Hall–Kier alpha value is -1.73. The third kappa shape index (κ3) is 4.87. The van der Waals surface area contributed by atoms with Gasteiger partial charge in [0.25, 0.3) is 0 Å². The number of amides is 1. The fourth-order valence-electron chi connectivity index (χ4n) is 3.15. The maximum Gasteiger partial charge on any atom is 0.222 e. The third-order valence-corrected chi connectivity index (χ3v) is 4.38. The Morgan fingerprint density at radius 3 is 3.09 bits per heavy atom. The van der Waals surface area contributed by atoms with Gasteiger partial charge in [0.1, 0.15) is 5.82 Å². The molecule has 7 heteroatoms. The molecule has 0 unspecified atom stereocenters. The van der Waals surface area contributed by atoms with E-state index < -0.39 is 0 Å². The van der Waals surface area contributed by atoms with E-state index in [1.807, 2.05) is 17.0 Å². The number of aromatic nitrogens is 2. The molecule has 1 atom stereocenters. The number of hydrogen-bond donors (Lipinski definition) is 1. The molecule has 0 radical (unpaired) electrons. The lowest BCUT2D eigenvalue weighted by Crippen LogP contribution is -2.46. The number of rotatable bonds is 7.